The van der Waals surface area contributed by atoms with E-state index in [0.717, 1.165) is 25.8 Å². The summed E-state index contributed by atoms with van der Waals surface area (Å²) in [5.74, 6) is 0.518. The average Bonchev–Trinajstić information content (AvgIpc) is 3.12. The lowest BCUT2D eigenvalue weighted by Gasteiger charge is -2.08. The molecule has 1 fully saturated rings. The molecule has 6 heteroatoms. The van der Waals surface area contributed by atoms with Crippen LogP contribution in [0.2, 0.25) is 0 Å². The van der Waals surface area contributed by atoms with Crippen molar-refractivity contribution in [2.75, 3.05) is 11.9 Å². The molecule has 6 nitrogen and oxygen atoms in total. The Hall–Kier alpha value is -2.63. The first-order chi connectivity index (χ1) is 12.1. The first-order valence-corrected chi connectivity index (χ1v) is 8.78. The molecule has 0 radical (unpaired) electrons. The summed E-state index contributed by atoms with van der Waals surface area (Å²) in [6.07, 6.45) is 8.32. The van der Waals surface area contributed by atoms with Gasteiger partial charge < -0.3 is 15.2 Å². The van der Waals surface area contributed by atoms with E-state index in [1.54, 1.807) is 30.7 Å². The molecular weight excluding hydrogens is 316 g/mol. The van der Waals surface area contributed by atoms with Gasteiger partial charge in [-0.25, -0.2) is 4.98 Å². The molecule has 1 aliphatic carbocycles. The van der Waals surface area contributed by atoms with Crippen molar-refractivity contribution in [2.45, 2.75) is 32.7 Å². The zero-order chi connectivity index (χ0) is 17.6. The summed E-state index contributed by atoms with van der Waals surface area (Å²) in [5.41, 5.74) is 1.24. The number of aryl methyl sites for hydroxylation is 1. The van der Waals surface area contributed by atoms with Crippen molar-refractivity contribution in [1.82, 2.24) is 14.9 Å². The number of anilines is 1. The molecule has 0 unspecified atom stereocenters. The Morgan fingerprint density at radius 2 is 2.16 bits per heavy atom. The molecule has 1 saturated carbocycles. The largest absolute Gasteiger partial charge is 0.352 e. The van der Waals surface area contributed by atoms with Crippen LogP contribution in [-0.2, 0) is 11.3 Å². The first kappa shape index (κ1) is 17.2. The molecule has 1 aromatic carbocycles. The number of amides is 2. The van der Waals surface area contributed by atoms with E-state index >= 15 is 0 Å². The summed E-state index contributed by atoms with van der Waals surface area (Å²) in [5, 5.41) is 5.82. The van der Waals surface area contributed by atoms with E-state index in [1.165, 1.54) is 0 Å². The van der Waals surface area contributed by atoms with Crippen LogP contribution in [0.15, 0.2) is 43.0 Å². The van der Waals surface area contributed by atoms with Gasteiger partial charge in [-0.1, -0.05) is 13.0 Å². The highest BCUT2D eigenvalue weighted by Crippen LogP contribution is 2.38. The Balaban J connectivity index is 1.42. The molecule has 3 rings (SSSR count). The Morgan fingerprint density at radius 3 is 2.88 bits per heavy atom. The lowest BCUT2D eigenvalue weighted by Crippen LogP contribution is -2.25. The molecule has 1 aromatic heterocycles. The van der Waals surface area contributed by atoms with E-state index in [9.17, 15) is 9.59 Å². The van der Waals surface area contributed by atoms with Gasteiger partial charge in [-0.2, -0.15) is 0 Å². The maximum Gasteiger partial charge on any atom is 0.251 e. The molecule has 0 spiro atoms. The Bertz CT molecular complexity index is 727. The van der Waals surface area contributed by atoms with Gasteiger partial charge in [-0.15, -0.1) is 0 Å². The van der Waals surface area contributed by atoms with Crippen LogP contribution in [-0.4, -0.2) is 27.9 Å². The summed E-state index contributed by atoms with van der Waals surface area (Å²) in [4.78, 5) is 28.2. The van der Waals surface area contributed by atoms with Gasteiger partial charge in [0.1, 0.15) is 0 Å². The number of rotatable bonds is 8. The molecule has 2 amide bonds. The van der Waals surface area contributed by atoms with E-state index in [0.29, 0.717) is 23.7 Å². The van der Waals surface area contributed by atoms with E-state index < -0.39 is 0 Å². The summed E-state index contributed by atoms with van der Waals surface area (Å²) in [7, 11) is 0. The molecule has 25 heavy (non-hydrogen) atoms. The smallest absolute Gasteiger partial charge is 0.251 e. The molecule has 2 atom stereocenters. The maximum atomic E-state index is 12.2. The maximum absolute atomic E-state index is 12.2. The molecule has 0 aliphatic heterocycles. The highest BCUT2D eigenvalue weighted by atomic mass is 16.2. The molecule has 0 bridgehead atoms. The fourth-order valence-corrected chi connectivity index (χ4v) is 2.80. The number of nitrogens with one attached hydrogen (secondary N) is 2. The minimum Gasteiger partial charge on any atom is -0.352 e. The highest BCUT2D eigenvalue weighted by molar-refractivity contribution is 5.98. The normalized spacial score (nSPS) is 18.6. The zero-order valence-corrected chi connectivity index (χ0v) is 14.4. The minimum absolute atomic E-state index is 0.0459. The highest BCUT2D eigenvalue weighted by Gasteiger charge is 2.39. The van der Waals surface area contributed by atoms with Gasteiger partial charge in [0, 0.05) is 42.7 Å². The number of hydrogen-bond donors (Lipinski definition) is 2. The monoisotopic (exact) mass is 340 g/mol. The second kappa shape index (κ2) is 7.96. The van der Waals surface area contributed by atoms with Gasteiger partial charge in [-0.05, 0) is 43.4 Å². The van der Waals surface area contributed by atoms with Crippen LogP contribution in [0.3, 0.4) is 0 Å². The second-order valence-electron chi connectivity index (χ2n) is 6.65. The number of aromatic nitrogens is 2. The molecular formula is C19H24N4O2. The number of nitrogens with zero attached hydrogens (tertiary/aromatic N) is 2. The molecule has 132 valence electrons. The standard InChI is InChI=1S/C19H24N4O2/c1-14-11-17(14)19(25)22-16-6-4-5-15(12-16)18(24)21-7-2-3-9-23-10-8-20-13-23/h4-6,8,10,12-14,17H,2-3,7,9,11H2,1H3,(H,21,24)(H,22,25)/t14-,17-/m0/s1. The molecule has 2 aromatic rings. The third-order valence-corrected chi connectivity index (χ3v) is 4.53. The lowest BCUT2D eigenvalue weighted by molar-refractivity contribution is -0.117. The summed E-state index contributed by atoms with van der Waals surface area (Å²) in [6.45, 7) is 3.60. The van der Waals surface area contributed by atoms with Crippen LogP contribution in [0.1, 0.15) is 36.5 Å². The van der Waals surface area contributed by atoms with Crippen molar-refractivity contribution in [1.29, 1.82) is 0 Å². The number of imidazole rings is 1. The SMILES string of the molecule is C[C@H]1C[C@@H]1C(=O)Nc1cccc(C(=O)NCCCCn2ccnc2)c1. The van der Waals surface area contributed by atoms with E-state index in [4.69, 9.17) is 0 Å². The Morgan fingerprint density at radius 1 is 1.32 bits per heavy atom. The van der Waals surface area contributed by atoms with Crippen molar-refractivity contribution in [2.24, 2.45) is 11.8 Å². The third-order valence-electron chi connectivity index (χ3n) is 4.53. The van der Waals surface area contributed by atoms with Crippen LogP contribution >= 0.6 is 0 Å². The number of carbonyl (C=O) groups is 2. The van der Waals surface area contributed by atoms with Crippen molar-refractivity contribution >= 4 is 17.5 Å². The van der Waals surface area contributed by atoms with E-state index in [-0.39, 0.29) is 17.7 Å². The average molecular weight is 340 g/mol. The fraction of sp³-hybridized carbons (Fsp3) is 0.421. The van der Waals surface area contributed by atoms with Crippen molar-refractivity contribution in [3.63, 3.8) is 0 Å². The van der Waals surface area contributed by atoms with Crippen molar-refractivity contribution in [3.05, 3.63) is 48.5 Å². The van der Waals surface area contributed by atoms with Crippen molar-refractivity contribution in [3.8, 4) is 0 Å². The van der Waals surface area contributed by atoms with Gasteiger partial charge >= 0.3 is 0 Å². The van der Waals surface area contributed by atoms with E-state index in [1.807, 2.05) is 16.8 Å². The number of unbranched alkanes of at least 4 members (excludes halogenated alkanes) is 1. The molecule has 2 N–H and O–H groups in total. The number of hydrogen-bond acceptors (Lipinski definition) is 3. The molecule has 1 heterocycles. The van der Waals surface area contributed by atoms with Gasteiger partial charge in [-0.3, -0.25) is 9.59 Å². The zero-order valence-electron chi connectivity index (χ0n) is 14.4. The Kier molecular flexibility index (Phi) is 5.48. The number of carbonyl (C=O) groups excluding carboxylic acids is 2. The van der Waals surface area contributed by atoms with Gasteiger partial charge in [0.05, 0.1) is 6.33 Å². The van der Waals surface area contributed by atoms with Crippen LogP contribution in [0.4, 0.5) is 5.69 Å². The summed E-state index contributed by atoms with van der Waals surface area (Å²) >= 11 is 0. The molecule has 1 aliphatic rings. The number of benzene rings is 1. The predicted octanol–water partition coefficient (Wildman–Crippen LogP) is 2.69. The van der Waals surface area contributed by atoms with E-state index in [2.05, 4.69) is 22.5 Å². The van der Waals surface area contributed by atoms with Crippen LogP contribution in [0.5, 0.6) is 0 Å². The van der Waals surface area contributed by atoms with Crippen LogP contribution in [0, 0.1) is 11.8 Å². The quantitative estimate of drug-likeness (QED) is 0.726. The molecule has 0 saturated heterocycles. The second-order valence-corrected chi connectivity index (χ2v) is 6.65. The summed E-state index contributed by atoms with van der Waals surface area (Å²) in [6, 6.07) is 7.09. The van der Waals surface area contributed by atoms with Crippen molar-refractivity contribution < 1.29 is 9.59 Å². The predicted molar refractivity (Wildman–Crippen MR) is 96.1 cm³/mol. The fourth-order valence-electron chi connectivity index (χ4n) is 2.80. The van der Waals surface area contributed by atoms with Gasteiger partial charge in [0.2, 0.25) is 5.91 Å². The van der Waals surface area contributed by atoms with Gasteiger partial charge in [0.25, 0.3) is 5.91 Å². The first-order valence-electron chi connectivity index (χ1n) is 8.78. The topological polar surface area (TPSA) is 76.0 Å². The van der Waals surface area contributed by atoms with Crippen LogP contribution < -0.4 is 10.6 Å². The third kappa shape index (κ3) is 4.92. The lowest BCUT2D eigenvalue weighted by atomic mass is 10.1. The summed E-state index contributed by atoms with van der Waals surface area (Å²) < 4.78 is 2.02. The van der Waals surface area contributed by atoms with Crippen LogP contribution in [0.25, 0.3) is 0 Å². The van der Waals surface area contributed by atoms with Gasteiger partial charge in [0.15, 0.2) is 0 Å². The minimum atomic E-state index is -0.112. The Labute approximate surface area is 147 Å².